The van der Waals surface area contributed by atoms with E-state index in [4.69, 9.17) is 9.47 Å². The van der Waals surface area contributed by atoms with E-state index in [0.29, 0.717) is 23.4 Å². The number of benzene rings is 1. The van der Waals surface area contributed by atoms with Gasteiger partial charge < -0.3 is 9.47 Å². The second-order valence-corrected chi connectivity index (χ2v) is 6.23. The smallest absolute Gasteiger partial charge is 0.343 e. The minimum atomic E-state index is -0.314. The van der Waals surface area contributed by atoms with Gasteiger partial charge in [0.25, 0.3) is 0 Å². The molecule has 1 aromatic heterocycles. The van der Waals surface area contributed by atoms with Gasteiger partial charge in [0.05, 0.1) is 18.9 Å². The second kappa shape index (κ2) is 8.68. The zero-order valence-corrected chi connectivity index (χ0v) is 15.5. The Morgan fingerprint density at radius 1 is 1.17 bits per heavy atom. The molecule has 0 unspecified atom stereocenters. The second-order valence-electron chi connectivity index (χ2n) is 5.22. The fraction of sp³-hybridized carbons (Fsp3) is 0.444. The summed E-state index contributed by atoms with van der Waals surface area (Å²) in [7, 11) is 0. The van der Waals surface area contributed by atoms with Crippen LogP contribution in [-0.2, 0) is 11.3 Å². The van der Waals surface area contributed by atoms with Gasteiger partial charge in [-0.05, 0) is 63.0 Å². The first-order chi connectivity index (χ1) is 11.6. The maximum atomic E-state index is 12.3. The van der Waals surface area contributed by atoms with E-state index in [1.807, 2.05) is 45.0 Å². The standard InChI is InChI=1S/C18H24N2O3S/c1-5-12-20-13(4)16(18(21)23-7-3)17(24-20)19-14-8-10-15(11-9-14)22-6-2/h8-11H,5-7,12H2,1-4H3. The third kappa shape index (κ3) is 4.26. The van der Waals surface area contributed by atoms with Gasteiger partial charge in [0.1, 0.15) is 16.0 Å². The van der Waals surface area contributed by atoms with Crippen molar-refractivity contribution in [3.63, 3.8) is 0 Å². The maximum absolute atomic E-state index is 12.3. The fourth-order valence-electron chi connectivity index (χ4n) is 2.33. The van der Waals surface area contributed by atoms with Gasteiger partial charge in [0.15, 0.2) is 0 Å². The molecule has 1 heterocycles. The van der Waals surface area contributed by atoms with Crippen molar-refractivity contribution < 1.29 is 14.3 Å². The maximum Gasteiger partial charge on any atom is 0.343 e. The van der Waals surface area contributed by atoms with E-state index in [0.717, 1.165) is 30.1 Å². The highest BCUT2D eigenvalue weighted by Gasteiger charge is 2.18. The van der Waals surface area contributed by atoms with Crippen molar-refractivity contribution in [1.82, 2.24) is 3.96 Å². The van der Waals surface area contributed by atoms with Crippen LogP contribution in [0.3, 0.4) is 0 Å². The molecule has 0 aliphatic heterocycles. The minimum absolute atomic E-state index is 0.314. The Morgan fingerprint density at radius 2 is 1.88 bits per heavy atom. The van der Waals surface area contributed by atoms with Gasteiger partial charge in [-0.25, -0.2) is 9.79 Å². The van der Waals surface area contributed by atoms with Crippen LogP contribution in [-0.4, -0.2) is 23.1 Å². The number of carbonyl (C=O) groups is 1. The molecule has 0 spiro atoms. The molecule has 0 fully saturated rings. The number of carbonyl (C=O) groups excluding carboxylic acids is 1. The lowest BCUT2D eigenvalue weighted by Gasteiger charge is -2.03. The van der Waals surface area contributed by atoms with Crippen LogP contribution < -0.4 is 9.41 Å². The predicted molar refractivity (Wildman–Crippen MR) is 96.1 cm³/mol. The SMILES string of the molecule is CCCn1sc(=Nc2ccc(OCC)cc2)c(C(=O)OCC)c1C. The molecule has 0 atom stereocenters. The summed E-state index contributed by atoms with van der Waals surface area (Å²) in [4.78, 5) is 17.0. The monoisotopic (exact) mass is 348 g/mol. The number of ether oxygens (including phenoxy) is 2. The van der Waals surface area contributed by atoms with Crippen LogP contribution >= 0.6 is 11.5 Å². The van der Waals surface area contributed by atoms with E-state index in [-0.39, 0.29) is 5.97 Å². The van der Waals surface area contributed by atoms with E-state index < -0.39 is 0 Å². The van der Waals surface area contributed by atoms with E-state index >= 15 is 0 Å². The van der Waals surface area contributed by atoms with Crippen LogP contribution in [0, 0.1) is 6.92 Å². The molecule has 6 heteroatoms. The molecule has 0 aliphatic rings. The summed E-state index contributed by atoms with van der Waals surface area (Å²) in [5.41, 5.74) is 2.25. The van der Waals surface area contributed by atoms with Crippen molar-refractivity contribution in [2.75, 3.05) is 13.2 Å². The van der Waals surface area contributed by atoms with Gasteiger partial charge >= 0.3 is 5.97 Å². The van der Waals surface area contributed by atoms with Crippen molar-refractivity contribution in [3.8, 4) is 5.75 Å². The van der Waals surface area contributed by atoms with E-state index in [1.54, 1.807) is 0 Å². The highest BCUT2D eigenvalue weighted by atomic mass is 32.1. The highest BCUT2D eigenvalue weighted by Crippen LogP contribution is 2.19. The molecule has 2 aromatic rings. The Balaban J connectivity index is 2.46. The number of esters is 1. The average molecular weight is 348 g/mol. The quantitative estimate of drug-likeness (QED) is 0.709. The molecule has 0 saturated heterocycles. The summed E-state index contributed by atoms with van der Waals surface area (Å²) in [6.45, 7) is 9.65. The third-order valence-corrected chi connectivity index (χ3v) is 4.58. The Bertz CT molecular complexity index is 745. The number of hydrogen-bond donors (Lipinski definition) is 0. The Hall–Kier alpha value is -2.08. The van der Waals surface area contributed by atoms with Gasteiger partial charge in [-0.2, -0.15) is 0 Å². The van der Waals surface area contributed by atoms with Crippen LogP contribution in [0.4, 0.5) is 5.69 Å². The van der Waals surface area contributed by atoms with Crippen LogP contribution in [0.2, 0.25) is 0 Å². The molecule has 2 rings (SSSR count). The summed E-state index contributed by atoms with van der Waals surface area (Å²) in [6, 6.07) is 7.54. The van der Waals surface area contributed by atoms with Gasteiger partial charge in [0.2, 0.25) is 0 Å². The van der Waals surface area contributed by atoms with Crippen molar-refractivity contribution >= 4 is 23.2 Å². The van der Waals surface area contributed by atoms with Gasteiger partial charge in [-0.15, -0.1) is 0 Å². The molecule has 0 radical (unpaired) electrons. The molecule has 0 bridgehead atoms. The largest absolute Gasteiger partial charge is 0.494 e. The zero-order valence-electron chi connectivity index (χ0n) is 14.7. The van der Waals surface area contributed by atoms with E-state index in [9.17, 15) is 4.79 Å². The number of hydrogen-bond acceptors (Lipinski definition) is 5. The molecule has 0 N–H and O–H groups in total. The average Bonchev–Trinajstić information content (AvgIpc) is 2.86. The van der Waals surface area contributed by atoms with Crippen LogP contribution in [0.25, 0.3) is 0 Å². The highest BCUT2D eigenvalue weighted by molar-refractivity contribution is 7.04. The van der Waals surface area contributed by atoms with Crippen molar-refractivity contribution in [3.05, 3.63) is 40.2 Å². The van der Waals surface area contributed by atoms with Crippen molar-refractivity contribution in [2.24, 2.45) is 4.99 Å². The minimum Gasteiger partial charge on any atom is -0.494 e. The fourth-order valence-corrected chi connectivity index (χ4v) is 3.51. The van der Waals surface area contributed by atoms with Crippen LogP contribution in [0.5, 0.6) is 5.75 Å². The Kier molecular flexibility index (Phi) is 6.61. The number of aromatic nitrogens is 1. The van der Waals surface area contributed by atoms with E-state index in [2.05, 4.69) is 15.9 Å². The van der Waals surface area contributed by atoms with Gasteiger partial charge in [-0.1, -0.05) is 6.92 Å². The zero-order chi connectivity index (χ0) is 17.5. The van der Waals surface area contributed by atoms with E-state index in [1.165, 1.54) is 11.5 Å². The number of rotatable bonds is 7. The first-order valence-corrected chi connectivity index (χ1v) is 9.03. The summed E-state index contributed by atoms with van der Waals surface area (Å²) in [6.07, 6.45) is 0.997. The number of aryl methyl sites for hydroxylation is 1. The lowest BCUT2D eigenvalue weighted by molar-refractivity contribution is 0.0524. The van der Waals surface area contributed by atoms with Crippen LogP contribution in [0.1, 0.15) is 43.2 Å². The first kappa shape index (κ1) is 18.3. The molecule has 0 amide bonds. The Labute approximate surface area is 146 Å². The molecule has 5 nitrogen and oxygen atoms in total. The molecule has 0 aliphatic carbocycles. The predicted octanol–water partition coefficient (Wildman–Crippen LogP) is 4.08. The number of nitrogens with zero attached hydrogens (tertiary/aromatic N) is 2. The van der Waals surface area contributed by atoms with Crippen LogP contribution in [0.15, 0.2) is 29.3 Å². The lowest BCUT2D eigenvalue weighted by atomic mass is 10.2. The lowest BCUT2D eigenvalue weighted by Crippen LogP contribution is -2.14. The molecular weight excluding hydrogens is 324 g/mol. The Morgan fingerprint density at radius 3 is 2.46 bits per heavy atom. The molecule has 1 aromatic carbocycles. The van der Waals surface area contributed by atoms with Gasteiger partial charge in [-0.3, -0.25) is 3.96 Å². The third-order valence-electron chi connectivity index (χ3n) is 3.43. The topological polar surface area (TPSA) is 52.8 Å². The summed E-state index contributed by atoms with van der Waals surface area (Å²) >= 11 is 1.49. The molecule has 0 saturated carbocycles. The summed E-state index contributed by atoms with van der Waals surface area (Å²) in [5.74, 6) is 0.497. The van der Waals surface area contributed by atoms with Crippen molar-refractivity contribution in [1.29, 1.82) is 0 Å². The first-order valence-electron chi connectivity index (χ1n) is 8.26. The van der Waals surface area contributed by atoms with Crippen molar-refractivity contribution in [2.45, 2.75) is 40.7 Å². The van der Waals surface area contributed by atoms with Gasteiger partial charge in [0, 0.05) is 12.2 Å². The summed E-state index contributed by atoms with van der Waals surface area (Å²) < 4.78 is 13.4. The molecule has 130 valence electrons. The molecule has 24 heavy (non-hydrogen) atoms. The normalized spacial score (nSPS) is 11.6. The molecular formula is C18H24N2O3S. The summed E-state index contributed by atoms with van der Waals surface area (Å²) in [5, 5.41) is 0.